The van der Waals surface area contributed by atoms with Crippen LogP contribution in [0.2, 0.25) is 0 Å². The van der Waals surface area contributed by atoms with Gasteiger partial charge in [-0.25, -0.2) is 9.97 Å². The molecule has 0 unspecified atom stereocenters. The Hall–Kier alpha value is -2.10. The molecule has 27 heavy (non-hydrogen) atoms. The highest BCUT2D eigenvalue weighted by Crippen LogP contribution is 2.42. The summed E-state index contributed by atoms with van der Waals surface area (Å²) in [5, 5.41) is 8.20. The molecule has 0 aliphatic heterocycles. The molecule has 0 bridgehead atoms. The molecule has 144 valence electrons. The number of carbonyl (C=O) groups is 1. The van der Waals surface area contributed by atoms with Crippen molar-refractivity contribution in [1.82, 2.24) is 24.9 Å². The fraction of sp³-hybridized carbons (Fsp3) is 0.556. The third-order valence-electron chi connectivity index (χ3n) is 5.10. The van der Waals surface area contributed by atoms with Crippen LogP contribution in [-0.4, -0.2) is 52.5 Å². The number of carbonyl (C=O) groups excluding carboxylic acids is 1. The number of fused-ring (bicyclic) bond motifs is 5. The van der Waals surface area contributed by atoms with Crippen molar-refractivity contribution < 1.29 is 14.3 Å². The molecular weight excluding hydrogens is 366 g/mol. The summed E-state index contributed by atoms with van der Waals surface area (Å²) >= 11 is 1.74. The second-order valence-electron chi connectivity index (χ2n) is 6.85. The van der Waals surface area contributed by atoms with Crippen LogP contribution >= 0.6 is 11.3 Å². The van der Waals surface area contributed by atoms with Crippen LogP contribution in [0.1, 0.15) is 52.6 Å². The van der Waals surface area contributed by atoms with Crippen LogP contribution in [-0.2, 0) is 15.9 Å². The van der Waals surface area contributed by atoms with E-state index in [2.05, 4.69) is 22.3 Å². The molecule has 1 aliphatic carbocycles. The summed E-state index contributed by atoms with van der Waals surface area (Å²) in [5.41, 5.74) is 2.04. The summed E-state index contributed by atoms with van der Waals surface area (Å²) < 4.78 is 11.9. The van der Waals surface area contributed by atoms with Crippen molar-refractivity contribution in [2.45, 2.75) is 45.3 Å². The van der Waals surface area contributed by atoms with Crippen LogP contribution in [0.25, 0.3) is 15.9 Å². The van der Waals surface area contributed by atoms with Gasteiger partial charge in [-0.2, -0.15) is 4.52 Å². The number of thiophene rings is 1. The van der Waals surface area contributed by atoms with Crippen molar-refractivity contribution in [3.8, 4) is 0 Å². The maximum absolute atomic E-state index is 12.5. The van der Waals surface area contributed by atoms with Crippen LogP contribution in [0, 0.1) is 6.92 Å². The normalized spacial score (nSPS) is 17.0. The lowest BCUT2D eigenvalue weighted by Crippen LogP contribution is -2.34. The second kappa shape index (κ2) is 7.14. The van der Waals surface area contributed by atoms with Crippen LogP contribution < -0.4 is 5.32 Å². The average molecular weight is 389 g/mol. The van der Waals surface area contributed by atoms with Crippen molar-refractivity contribution >= 4 is 33.1 Å². The Morgan fingerprint density at radius 3 is 2.89 bits per heavy atom. The number of aryl methyl sites for hydroxylation is 2. The first-order chi connectivity index (χ1) is 13.0. The highest BCUT2D eigenvalue weighted by atomic mass is 32.1. The molecule has 0 fully saturated rings. The molecule has 3 heterocycles. The maximum atomic E-state index is 12.5. The Bertz CT molecular complexity index is 1010. The molecule has 0 aromatic carbocycles. The fourth-order valence-electron chi connectivity index (χ4n) is 3.70. The number of aromatic nitrogens is 4. The quantitative estimate of drug-likeness (QED) is 0.674. The van der Waals surface area contributed by atoms with E-state index in [9.17, 15) is 4.79 Å². The van der Waals surface area contributed by atoms with E-state index in [1.165, 1.54) is 31.1 Å². The lowest BCUT2D eigenvalue weighted by atomic mass is 9.87. The summed E-state index contributed by atoms with van der Waals surface area (Å²) in [6, 6.07) is 0. The molecule has 1 amide bonds. The topological polar surface area (TPSA) is 90.6 Å². The molecule has 3 aromatic heterocycles. The van der Waals surface area contributed by atoms with Gasteiger partial charge in [0.05, 0.1) is 11.9 Å². The van der Waals surface area contributed by atoms with E-state index in [4.69, 9.17) is 14.5 Å². The Morgan fingerprint density at radius 2 is 2.15 bits per heavy atom. The number of amides is 1. The molecule has 0 spiro atoms. The van der Waals surface area contributed by atoms with Gasteiger partial charge in [0, 0.05) is 19.1 Å². The summed E-state index contributed by atoms with van der Waals surface area (Å²) in [4.78, 5) is 24.2. The monoisotopic (exact) mass is 389 g/mol. The number of hydrogen-bond donors (Lipinski definition) is 1. The highest BCUT2D eigenvalue weighted by molar-refractivity contribution is 7.19. The van der Waals surface area contributed by atoms with Gasteiger partial charge in [0.1, 0.15) is 10.7 Å². The van der Waals surface area contributed by atoms with E-state index in [1.807, 2.05) is 6.92 Å². The van der Waals surface area contributed by atoms with Gasteiger partial charge in [-0.3, -0.25) is 4.79 Å². The molecule has 1 aliphatic rings. The second-order valence-corrected chi connectivity index (χ2v) is 7.94. The van der Waals surface area contributed by atoms with E-state index in [-0.39, 0.29) is 18.3 Å². The van der Waals surface area contributed by atoms with Gasteiger partial charge >= 0.3 is 0 Å². The minimum Gasteiger partial charge on any atom is -0.354 e. The summed E-state index contributed by atoms with van der Waals surface area (Å²) in [7, 11) is 3.05. The number of hydrogen-bond acceptors (Lipinski definition) is 7. The van der Waals surface area contributed by atoms with Gasteiger partial charge < -0.3 is 14.8 Å². The van der Waals surface area contributed by atoms with Gasteiger partial charge in [0.25, 0.3) is 5.91 Å². The largest absolute Gasteiger partial charge is 0.354 e. The molecule has 0 radical (unpaired) electrons. The Balaban J connectivity index is 1.77. The zero-order valence-corrected chi connectivity index (χ0v) is 16.7. The number of nitrogens with one attached hydrogen (secondary N) is 1. The molecule has 0 saturated heterocycles. The van der Waals surface area contributed by atoms with Crippen LogP contribution in [0.15, 0.2) is 0 Å². The highest BCUT2D eigenvalue weighted by Gasteiger charge is 2.27. The van der Waals surface area contributed by atoms with Crippen molar-refractivity contribution in [3.05, 3.63) is 22.1 Å². The van der Waals surface area contributed by atoms with E-state index < -0.39 is 6.29 Å². The fourth-order valence-corrected chi connectivity index (χ4v) is 5.07. The van der Waals surface area contributed by atoms with Crippen LogP contribution in [0.3, 0.4) is 0 Å². The predicted molar refractivity (Wildman–Crippen MR) is 102 cm³/mol. The molecule has 0 saturated carbocycles. The minimum atomic E-state index is -0.508. The Morgan fingerprint density at radius 1 is 1.37 bits per heavy atom. The third-order valence-corrected chi connectivity index (χ3v) is 6.26. The van der Waals surface area contributed by atoms with Gasteiger partial charge in [0.2, 0.25) is 5.82 Å². The number of methoxy groups -OCH3 is 2. The van der Waals surface area contributed by atoms with Gasteiger partial charge in [-0.05, 0) is 37.7 Å². The lowest BCUT2D eigenvalue weighted by molar-refractivity contribution is -0.0974. The van der Waals surface area contributed by atoms with E-state index in [1.54, 1.807) is 15.9 Å². The molecular formula is C18H23N5O3S. The first-order valence-electron chi connectivity index (χ1n) is 9.06. The predicted octanol–water partition coefficient (Wildman–Crippen LogP) is 2.44. The van der Waals surface area contributed by atoms with Crippen molar-refractivity contribution in [2.24, 2.45) is 0 Å². The van der Waals surface area contributed by atoms with E-state index in [0.29, 0.717) is 11.6 Å². The van der Waals surface area contributed by atoms with E-state index >= 15 is 0 Å². The summed E-state index contributed by atoms with van der Waals surface area (Å²) in [6.45, 7) is 4.36. The van der Waals surface area contributed by atoms with Crippen LogP contribution in [0.5, 0.6) is 0 Å². The standard InChI is InChI=1S/C18H23N5O3S/c1-9-6-5-7-11-13(9)14-16-21-15(17(24)19-8-12(25-3)26-4)22-23(16)10(2)20-18(14)27-11/h9,12H,5-8H2,1-4H3,(H,19,24)/t9-/m0/s1. The van der Waals surface area contributed by atoms with Gasteiger partial charge in [-0.1, -0.05) is 6.92 Å². The molecule has 8 nitrogen and oxygen atoms in total. The number of nitrogens with zero attached hydrogens (tertiary/aromatic N) is 4. The summed E-state index contributed by atoms with van der Waals surface area (Å²) in [5.74, 6) is 0.958. The van der Waals surface area contributed by atoms with Crippen molar-refractivity contribution in [2.75, 3.05) is 20.8 Å². The molecule has 9 heteroatoms. The average Bonchev–Trinajstić information content (AvgIpc) is 3.24. The van der Waals surface area contributed by atoms with Crippen molar-refractivity contribution in [1.29, 1.82) is 0 Å². The molecule has 1 N–H and O–H groups in total. The third kappa shape index (κ3) is 3.09. The van der Waals surface area contributed by atoms with Crippen LogP contribution in [0.4, 0.5) is 0 Å². The first-order valence-corrected chi connectivity index (χ1v) is 9.87. The lowest BCUT2D eigenvalue weighted by Gasteiger charge is -2.18. The number of rotatable bonds is 5. The molecule has 1 atom stereocenters. The zero-order valence-electron chi connectivity index (χ0n) is 15.9. The molecule has 4 rings (SSSR count). The zero-order chi connectivity index (χ0) is 19.1. The van der Waals surface area contributed by atoms with E-state index in [0.717, 1.165) is 28.9 Å². The van der Waals surface area contributed by atoms with Gasteiger partial charge in [0.15, 0.2) is 11.9 Å². The Labute approximate surface area is 160 Å². The number of ether oxygens (including phenoxy) is 2. The van der Waals surface area contributed by atoms with Crippen molar-refractivity contribution in [3.63, 3.8) is 0 Å². The molecule has 3 aromatic rings. The maximum Gasteiger partial charge on any atom is 0.291 e. The van der Waals surface area contributed by atoms with Gasteiger partial charge in [-0.15, -0.1) is 16.4 Å². The minimum absolute atomic E-state index is 0.127. The first kappa shape index (κ1) is 18.3. The Kier molecular flexibility index (Phi) is 4.83. The summed E-state index contributed by atoms with van der Waals surface area (Å²) in [6.07, 6.45) is 2.95. The smallest absolute Gasteiger partial charge is 0.291 e. The SMILES string of the molecule is COC(CNC(=O)c1nc2c3c4c(sc3nc(C)n2n1)CCC[C@@H]4C)OC.